The predicted octanol–water partition coefficient (Wildman–Crippen LogP) is 1.60. The lowest BCUT2D eigenvalue weighted by Crippen LogP contribution is -2.28. The fourth-order valence-corrected chi connectivity index (χ4v) is 4.07. The van der Waals surface area contributed by atoms with Crippen LogP contribution in [0, 0.1) is 11.3 Å². The van der Waals surface area contributed by atoms with E-state index in [2.05, 4.69) is 0 Å². The summed E-state index contributed by atoms with van der Waals surface area (Å²) in [5, 5.41) is 8.65. The van der Waals surface area contributed by atoms with Crippen LogP contribution in [0.25, 0.3) is 0 Å². The SMILES string of the molecule is CSCCN(C)S(=O)(=O)c1ccc(C#N)s1. The highest BCUT2D eigenvalue weighted by Crippen LogP contribution is 2.23. The van der Waals surface area contributed by atoms with Crippen LogP contribution in [0.5, 0.6) is 0 Å². The Bertz CT molecular complexity index is 487. The Hall–Kier alpha value is -0.550. The molecule has 0 unspecified atom stereocenters. The van der Waals surface area contributed by atoms with E-state index < -0.39 is 10.0 Å². The number of thioether (sulfide) groups is 1. The molecule has 1 aromatic rings. The molecule has 1 aromatic heterocycles. The van der Waals surface area contributed by atoms with E-state index in [0.717, 1.165) is 17.1 Å². The lowest BCUT2D eigenvalue weighted by Gasteiger charge is -2.14. The Morgan fingerprint density at radius 3 is 2.75 bits per heavy atom. The van der Waals surface area contributed by atoms with Crippen LogP contribution in [0.4, 0.5) is 0 Å². The molecule has 0 spiro atoms. The molecule has 0 fully saturated rings. The van der Waals surface area contributed by atoms with Gasteiger partial charge in [-0.1, -0.05) is 0 Å². The highest BCUT2D eigenvalue weighted by Gasteiger charge is 2.22. The van der Waals surface area contributed by atoms with E-state index in [-0.39, 0.29) is 4.21 Å². The van der Waals surface area contributed by atoms with E-state index in [1.807, 2.05) is 12.3 Å². The molecule has 88 valence electrons. The van der Waals surface area contributed by atoms with Gasteiger partial charge in [0.2, 0.25) is 0 Å². The summed E-state index contributed by atoms with van der Waals surface area (Å²) in [6.45, 7) is 0.475. The number of hydrogen-bond donors (Lipinski definition) is 0. The maximum Gasteiger partial charge on any atom is 0.252 e. The Labute approximate surface area is 104 Å². The molecule has 1 rings (SSSR count). The first-order valence-corrected chi connectivity index (χ1v) is 8.12. The Morgan fingerprint density at radius 2 is 2.25 bits per heavy atom. The molecule has 0 radical (unpaired) electrons. The Kier molecular flexibility index (Phi) is 4.80. The maximum absolute atomic E-state index is 12.0. The Morgan fingerprint density at radius 1 is 1.56 bits per heavy atom. The zero-order chi connectivity index (χ0) is 12.2. The summed E-state index contributed by atoms with van der Waals surface area (Å²) in [5.74, 6) is 0.756. The molecule has 0 aromatic carbocycles. The summed E-state index contributed by atoms with van der Waals surface area (Å²) in [4.78, 5) is 0.414. The molecule has 0 bridgehead atoms. The van der Waals surface area contributed by atoms with E-state index in [0.29, 0.717) is 11.4 Å². The van der Waals surface area contributed by atoms with Gasteiger partial charge < -0.3 is 0 Å². The number of thiophene rings is 1. The van der Waals surface area contributed by atoms with Crippen LogP contribution in [0.15, 0.2) is 16.3 Å². The van der Waals surface area contributed by atoms with Crippen LogP contribution >= 0.6 is 23.1 Å². The van der Waals surface area contributed by atoms with Gasteiger partial charge in [-0.3, -0.25) is 0 Å². The van der Waals surface area contributed by atoms with Crippen molar-refractivity contribution in [2.45, 2.75) is 4.21 Å². The minimum atomic E-state index is -3.41. The van der Waals surface area contributed by atoms with Crippen molar-refractivity contribution < 1.29 is 8.42 Å². The van der Waals surface area contributed by atoms with Crippen molar-refractivity contribution in [2.24, 2.45) is 0 Å². The highest BCUT2D eigenvalue weighted by molar-refractivity contribution is 7.98. The predicted molar refractivity (Wildman–Crippen MR) is 67.2 cm³/mol. The van der Waals surface area contributed by atoms with Crippen LogP contribution in [0.1, 0.15) is 4.88 Å². The lowest BCUT2D eigenvalue weighted by molar-refractivity contribution is 0.490. The molecular weight excluding hydrogens is 264 g/mol. The minimum Gasteiger partial charge on any atom is -0.206 e. The van der Waals surface area contributed by atoms with E-state index in [1.165, 1.54) is 16.4 Å². The molecular formula is C9H12N2O2S3. The summed E-state index contributed by atoms with van der Waals surface area (Å²) in [5.41, 5.74) is 0. The van der Waals surface area contributed by atoms with Gasteiger partial charge in [-0.05, 0) is 18.4 Å². The number of nitriles is 1. The second kappa shape index (κ2) is 5.68. The topological polar surface area (TPSA) is 61.2 Å². The van der Waals surface area contributed by atoms with Crippen molar-refractivity contribution in [3.63, 3.8) is 0 Å². The van der Waals surface area contributed by atoms with Gasteiger partial charge in [0.05, 0.1) is 0 Å². The molecule has 0 aliphatic rings. The molecule has 0 saturated carbocycles. The average Bonchev–Trinajstić information content (AvgIpc) is 2.74. The minimum absolute atomic E-state index is 0.229. The van der Waals surface area contributed by atoms with Crippen LogP contribution in [0.3, 0.4) is 0 Å². The zero-order valence-corrected chi connectivity index (χ0v) is 11.5. The van der Waals surface area contributed by atoms with Crippen molar-refractivity contribution in [2.75, 3.05) is 25.6 Å². The van der Waals surface area contributed by atoms with Crippen LogP contribution in [-0.4, -0.2) is 38.3 Å². The summed E-state index contributed by atoms with van der Waals surface area (Å²) in [6, 6.07) is 4.94. The first-order valence-electron chi connectivity index (χ1n) is 4.47. The number of sulfonamides is 1. The normalized spacial score (nSPS) is 11.6. The van der Waals surface area contributed by atoms with E-state index in [9.17, 15) is 8.42 Å². The third-order valence-corrected chi connectivity index (χ3v) is 5.87. The maximum atomic E-state index is 12.0. The van der Waals surface area contributed by atoms with E-state index in [4.69, 9.17) is 5.26 Å². The van der Waals surface area contributed by atoms with E-state index in [1.54, 1.807) is 18.8 Å². The molecule has 0 N–H and O–H groups in total. The van der Waals surface area contributed by atoms with Crippen molar-refractivity contribution in [1.82, 2.24) is 4.31 Å². The molecule has 0 amide bonds. The van der Waals surface area contributed by atoms with Crippen molar-refractivity contribution in [3.05, 3.63) is 17.0 Å². The van der Waals surface area contributed by atoms with Gasteiger partial charge in [0.1, 0.15) is 15.2 Å². The molecule has 4 nitrogen and oxygen atoms in total. The first kappa shape index (κ1) is 13.5. The molecule has 16 heavy (non-hydrogen) atoms. The second-order valence-corrected chi connectivity index (χ2v) is 7.39. The number of hydrogen-bond acceptors (Lipinski definition) is 5. The van der Waals surface area contributed by atoms with Gasteiger partial charge in [-0.15, -0.1) is 11.3 Å². The quantitative estimate of drug-likeness (QED) is 0.819. The smallest absolute Gasteiger partial charge is 0.206 e. The van der Waals surface area contributed by atoms with Gasteiger partial charge in [-0.2, -0.15) is 21.3 Å². The molecule has 0 aliphatic heterocycles. The third-order valence-electron chi connectivity index (χ3n) is 1.97. The fraction of sp³-hybridized carbons (Fsp3) is 0.444. The number of nitrogens with zero attached hydrogens (tertiary/aromatic N) is 2. The number of rotatable bonds is 5. The lowest BCUT2D eigenvalue weighted by atomic mass is 10.5. The summed E-state index contributed by atoms with van der Waals surface area (Å²) < 4.78 is 25.5. The fourth-order valence-electron chi connectivity index (χ4n) is 1.01. The summed E-state index contributed by atoms with van der Waals surface area (Å²) >= 11 is 2.60. The van der Waals surface area contributed by atoms with Crippen molar-refractivity contribution >= 4 is 33.1 Å². The largest absolute Gasteiger partial charge is 0.252 e. The van der Waals surface area contributed by atoms with Crippen LogP contribution in [0.2, 0.25) is 0 Å². The van der Waals surface area contributed by atoms with Crippen molar-refractivity contribution in [1.29, 1.82) is 5.26 Å². The van der Waals surface area contributed by atoms with Gasteiger partial charge in [0, 0.05) is 19.3 Å². The molecule has 7 heteroatoms. The van der Waals surface area contributed by atoms with Gasteiger partial charge in [0.25, 0.3) is 10.0 Å². The van der Waals surface area contributed by atoms with Gasteiger partial charge >= 0.3 is 0 Å². The molecule has 1 heterocycles. The molecule has 0 aliphatic carbocycles. The molecule has 0 atom stereocenters. The average molecular weight is 276 g/mol. The third kappa shape index (κ3) is 2.98. The monoisotopic (exact) mass is 276 g/mol. The summed E-state index contributed by atoms with van der Waals surface area (Å²) in [7, 11) is -1.86. The summed E-state index contributed by atoms with van der Waals surface area (Å²) in [6.07, 6.45) is 1.93. The first-order chi connectivity index (χ1) is 7.52. The highest BCUT2D eigenvalue weighted by atomic mass is 32.2. The van der Waals surface area contributed by atoms with Crippen LogP contribution in [-0.2, 0) is 10.0 Å². The Balaban J connectivity index is 2.89. The van der Waals surface area contributed by atoms with Gasteiger partial charge in [0.15, 0.2) is 0 Å². The molecule has 0 saturated heterocycles. The standard InChI is InChI=1S/C9H12N2O2S3/c1-11(5-6-14-2)16(12,13)9-4-3-8(7-10)15-9/h3-4H,5-6H2,1-2H3. The van der Waals surface area contributed by atoms with Crippen molar-refractivity contribution in [3.8, 4) is 6.07 Å². The van der Waals surface area contributed by atoms with Crippen LogP contribution < -0.4 is 0 Å². The zero-order valence-electron chi connectivity index (χ0n) is 9.00. The van der Waals surface area contributed by atoms with E-state index >= 15 is 0 Å². The second-order valence-electron chi connectivity index (χ2n) is 3.05. The van der Waals surface area contributed by atoms with Gasteiger partial charge in [-0.25, -0.2) is 8.42 Å².